The van der Waals surface area contributed by atoms with Gasteiger partial charge in [-0.05, 0) is 24.9 Å². The molecule has 0 bridgehead atoms. The van der Waals surface area contributed by atoms with Gasteiger partial charge in [0.2, 0.25) is 5.95 Å². The normalized spacial score (nSPS) is 10.3. The number of hydrogen-bond donors (Lipinski definition) is 3. The summed E-state index contributed by atoms with van der Waals surface area (Å²) in [6.07, 6.45) is 5.75. The van der Waals surface area contributed by atoms with Crippen molar-refractivity contribution in [3.05, 3.63) is 6.07 Å². The maximum Gasteiger partial charge on any atom is 0.223 e. The maximum absolute atomic E-state index is 5.56. The van der Waals surface area contributed by atoms with E-state index in [1.165, 1.54) is 18.6 Å². The number of unbranched alkanes of at least 4 members (excludes halogenated alkanes) is 2. The van der Waals surface area contributed by atoms with Gasteiger partial charge < -0.3 is 16.8 Å². The fourth-order valence-electron chi connectivity index (χ4n) is 1.34. The van der Waals surface area contributed by atoms with Gasteiger partial charge in [-0.15, -0.1) is 0 Å². The molecule has 0 aliphatic rings. The molecule has 0 aromatic carbocycles. The molecule has 1 heterocycles. The van der Waals surface area contributed by atoms with Crippen LogP contribution in [-0.4, -0.2) is 28.5 Å². The lowest BCUT2D eigenvalue weighted by Gasteiger charge is -2.06. The molecule has 0 atom stereocenters. The van der Waals surface area contributed by atoms with Crippen molar-refractivity contribution in [3.63, 3.8) is 0 Å². The first kappa shape index (κ1) is 12.9. The van der Waals surface area contributed by atoms with Gasteiger partial charge in [0.15, 0.2) is 0 Å². The number of nitrogens with two attached hydrogens (primary N) is 2. The van der Waals surface area contributed by atoms with Gasteiger partial charge in [-0.1, -0.05) is 6.42 Å². The second kappa shape index (κ2) is 7.16. The number of nitrogens with one attached hydrogen (secondary N) is 1. The first-order chi connectivity index (χ1) is 7.72. The van der Waals surface area contributed by atoms with Crippen molar-refractivity contribution in [2.45, 2.75) is 19.3 Å². The highest BCUT2D eigenvalue weighted by Gasteiger charge is 1.98. The Hall–Kier alpha value is -1.17. The lowest BCUT2D eigenvalue weighted by molar-refractivity contribution is 0.748. The van der Waals surface area contributed by atoms with Gasteiger partial charge >= 0.3 is 0 Å². The van der Waals surface area contributed by atoms with Gasteiger partial charge in [0.1, 0.15) is 11.6 Å². The van der Waals surface area contributed by atoms with Crippen LogP contribution >= 0.6 is 11.8 Å². The molecule has 0 aliphatic carbocycles. The van der Waals surface area contributed by atoms with Crippen molar-refractivity contribution < 1.29 is 0 Å². The Balaban J connectivity index is 2.21. The van der Waals surface area contributed by atoms with Crippen LogP contribution in [0.5, 0.6) is 0 Å². The molecule has 5 nitrogen and oxygen atoms in total. The summed E-state index contributed by atoms with van der Waals surface area (Å²) in [5.74, 6) is 2.55. The minimum Gasteiger partial charge on any atom is -0.383 e. The van der Waals surface area contributed by atoms with Gasteiger partial charge in [-0.2, -0.15) is 21.7 Å². The highest BCUT2D eigenvalue weighted by Crippen LogP contribution is 2.09. The molecule has 0 spiro atoms. The Bertz CT molecular complexity index is 298. The summed E-state index contributed by atoms with van der Waals surface area (Å²) in [5, 5.41) is 3.19. The van der Waals surface area contributed by atoms with E-state index in [0.29, 0.717) is 11.6 Å². The number of nitrogen functional groups attached to an aromatic ring is 2. The van der Waals surface area contributed by atoms with Crippen LogP contribution in [0.3, 0.4) is 0 Å². The zero-order chi connectivity index (χ0) is 11.8. The first-order valence-electron chi connectivity index (χ1n) is 5.35. The molecule has 0 unspecified atom stereocenters. The number of aromatic nitrogens is 2. The van der Waals surface area contributed by atoms with E-state index in [1.807, 2.05) is 11.8 Å². The number of anilines is 3. The van der Waals surface area contributed by atoms with E-state index in [0.717, 1.165) is 13.0 Å². The molecule has 16 heavy (non-hydrogen) atoms. The largest absolute Gasteiger partial charge is 0.383 e. The third kappa shape index (κ3) is 5.06. The molecule has 0 fully saturated rings. The molecule has 1 aromatic heterocycles. The van der Waals surface area contributed by atoms with Crippen LogP contribution in [0.1, 0.15) is 19.3 Å². The predicted octanol–water partition coefficient (Wildman–Crippen LogP) is 1.59. The Morgan fingerprint density at radius 1 is 1.25 bits per heavy atom. The number of thioether (sulfide) groups is 1. The third-order valence-corrected chi connectivity index (χ3v) is 2.79. The molecule has 1 aromatic rings. The Labute approximate surface area is 100 Å². The zero-order valence-electron chi connectivity index (χ0n) is 9.57. The summed E-state index contributed by atoms with van der Waals surface area (Å²) in [6.45, 7) is 0.893. The van der Waals surface area contributed by atoms with E-state index >= 15 is 0 Å². The Kier molecular flexibility index (Phi) is 5.77. The van der Waals surface area contributed by atoms with Crippen LogP contribution in [0.2, 0.25) is 0 Å². The van der Waals surface area contributed by atoms with Crippen LogP contribution in [0.25, 0.3) is 0 Å². The quantitative estimate of drug-likeness (QED) is 0.628. The fraction of sp³-hybridized carbons (Fsp3) is 0.600. The summed E-state index contributed by atoms with van der Waals surface area (Å²) in [7, 11) is 0. The van der Waals surface area contributed by atoms with Crippen LogP contribution < -0.4 is 16.8 Å². The van der Waals surface area contributed by atoms with E-state index in [-0.39, 0.29) is 5.95 Å². The SMILES string of the molecule is CSCCCCCNc1cc(N)nc(N)n1. The van der Waals surface area contributed by atoms with Crippen molar-refractivity contribution in [3.8, 4) is 0 Å². The topological polar surface area (TPSA) is 89.8 Å². The summed E-state index contributed by atoms with van der Waals surface area (Å²) in [4.78, 5) is 7.84. The standard InChI is InChI=1S/C10H19N5S/c1-16-6-4-2-3-5-13-9-7-8(11)14-10(12)15-9/h7H,2-6H2,1H3,(H5,11,12,13,14,15). The molecular formula is C10H19N5S. The zero-order valence-corrected chi connectivity index (χ0v) is 10.4. The van der Waals surface area contributed by atoms with Gasteiger partial charge in [0, 0.05) is 12.6 Å². The molecule has 0 aliphatic heterocycles. The number of nitrogens with zero attached hydrogens (tertiary/aromatic N) is 2. The molecule has 0 amide bonds. The summed E-state index contributed by atoms with van der Waals surface area (Å²) in [6, 6.07) is 1.69. The number of rotatable bonds is 7. The highest BCUT2D eigenvalue weighted by molar-refractivity contribution is 7.98. The Morgan fingerprint density at radius 2 is 2.06 bits per heavy atom. The summed E-state index contributed by atoms with van der Waals surface area (Å²) >= 11 is 1.89. The summed E-state index contributed by atoms with van der Waals surface area (Å²) in [5.41, 5.74) is 11.0. The lowest BCUT2D eigenvalue weighted by Crippen LogP contribution is -2.07. The summed E-state index contributed by atoms with van der Waals surface area (Å²) < 4.78 is 0. The van der Waals surface area contributed by atoms with Crippen molar-refractivity contribution in [2.75, 3.05) is 35.3 Å². The van der Waals surface area contributed by atoms with E-state index in [4.69, 9.17) is 11.5 Å². The van der Waals surface area contributed by atoms with Crippen molar-refractivity contribution in [1.82, 2.24) is 9.97 Å². The number of hydrogen-bond acceptors (Lipinski definition) is 6. The van der Waals surface area contributed by atoms with E-state index in [9.17, 15) is 0 Å². The van der Waals surface area contributed by atoms with Crippen LogP contribution in [0, 0.1) is 0 Å². The van der Waals surface area contributed by atoms with E-state index in [2.05, 4.69) is 21.5 Å². The van der Waals surface area contributed by atoms with Crippen molar-refractivity contribution in [2.24, 2.45) is 0 Å². The van der Waals surface area contributed by atoms with Crippen LogP contribution in [0.4, 0.5) is 17.6 Å². The maximum atomic E-state index is 5.56. The minimum absolute atomic E-state index is 0.213. The monoisotopic (exact) mass is 241 g/mol. The highest BCUT2D eigenvalue weighted by atomic mass is 32.2. The molecule has 90 valence electrons. The molecular weight excluding hydrogens is 222 g/mol. The van der Waals surface area contributed by atoms with Crippen LogP contribution in [-0.2, 0) is 0 Å². The molecule has 5 N–H and O–H groups in total. The van der Waals surface area contributed by atoms with E-state index < -0.39 is 0 Å². The van der Waals surface area contributed by atoms with Gasteiger partial charge in [0.05, 0.1) is 0 Å². The van der Waals surface area contributed by atoms with Gasteiger partial charge in [-0.3, -0.25) is 0 Å². The van der Waals surface area contributed by atoms with Gasteiger partial charge in [0.25, 0.3) is 0 Å². The van der Waals surface area contributed by atoms with Gasteiger partial charge in [-0.25, -0.2) is 0 Å². The van der Waals surface area contributed by atoms with Crippen LogP contribution in [0.15, 0.2) is 6.07 Å². The molecule has 0 radical (unpaired) electrons. The minimum atomic E-state index is 0.213. The molecule has 6 heteroatoms. The molecule has 1 rings (SSSR count). The fourth-order valence-corrected chi connectivity index (χ4v) is 1.83. The molecule has 0 saturated carbocycles. The lowest BCUT2D eigenvalue weighted by atomic mass is 10.2. The van der Waals surface area contributed by atoms with E-state index in [1.54, 1.807) is 6.07 Å². The molecule has 0 saturated heterocycles. The average molecular weight is 241 g/mol. The average Bonchev–Trinajstić information content (AvgIpc) is 2.22. The van der Waals surface area contributed by atoms with Crippen molar-refractivity contribution >= 4 is 29.3 Å². The Morgan fingerprint density at radius 3 is 2.75 bits per heavy atom. The first-order valence-corrected chi connectivity index (χ1v) is 6.74. The second-order valence-electron chi connectivity index (χ2n) is 3.52. The third-order valence-electron chi connectivity index (χ3n) is 2.09. The van der Waals surface area contributed by atoms with Crippen molar-refractivity contribution in [1.29, 1.82) is 0 Å². The second-order valence-corrected chi connectivity index (χ2v) is 4.50. The smallest absolute Gasteiger partial charge is 0.223 e. The predicted molar refractivity (Wildman–Crippen MR) is 71.6 cm³/mol.